The topological polar surface area (TPSA) is 61.0 Å². The fourth-order valence-corrected chi connectivity index (χ4v) is 2.40. The lowest BCUT2D eigenvalue weighted by molar-refractivity contribution is 0.229. The van der Waals surface area contributed by atoms with E-state index in [4.69, 9.17) is 0 Å². The molecule has 0 unspecified atom stereocenters. The first-order valence-corrected chi connectivity index (χ1v) is 6.72. The van der Waals surface area contributed by atoms with E-state index in [0.717, 1.165) is 32.5 Å². The van der Waals surface area contributed by atoms with E-state index in [2.05, 4.69) is 43.0 Å². The number of rotatable bonds is 3. The van der Waals surface area contributed by atoms with E-state index in [1.54, 1.807) is 0 Å². The number of anilines is 1. The van der Waals surface area contributed by atoms with E-state index in [1.807, 2.05) is 0 Å². The van der Waals surface area contributed by atoms with E-state index in [-0.39, 0.29) is 5.56 Å². The second-order valence-electron chi connectivity index (χ2n) is 4.25. The van der Waals surface area contributed by atoms with Gasteiger partial charge in [0.1, 0.15) is 10.3 Å². The summed E-state index contributed by atoms with van der Waals surface area (Å²) in [6.45, 7) is 5.51. The predicted molar refractivity (Wildman–Crippen MR) is 71.3 cm³/mol. The summed E-state index contributed by atoms with van der Waals surface area (Å²) >= 11 is 3.25. The van der Waals surface area contributed by atoms with Crippen LogP contribution in [0.15, 0.2) is 15.6 Å². The summed E-state index contributed by atoms with van der Waals surface area (Å²) in [7, 11) is 0. The molecule has 1 aliphatic heterocycles. The molecule has 1 saturated heterocycles. The van der Waals surface area contributed by atoms with Gasteiger partial charge in [-0.25, -0.2) is 4.98 Å². The Labute approximate surface area is 109 Å². The standard InChI is InChI=1S/C11H17BrN4O/c1-2-16-5-3-8(4-6-16)15-10-9(12)11(17)14-7-13-10/h7-8H,2-6H2,1H3,(H2,13,14,15,17). The molecule has 1 aliphatic rings. The number of nitrogens with zero attached hydrogens (tertiary/aromatic N) is 2. The van der Waals surface area contributed by atoms with E-state index >= 15 is 0 Å². The van der Waals surface area contributed by atoms with Gasteiger partial charge in [-0.2, -0.15) is 0 Å². The van der Waals surface area contributed by atoms with Gasteiger partial charge in [-0.3, -0.25) is 4.79 Å². The maximum atomic E-state index is 11.4. The highest BCUT2D eigenvalue weighted by molar-refractivity contribution is 9.10. The summed E-state index contributed by atoms with van der Waals surface area (Å²) in [5, 5.41) is 3.33. The molecule has 0 bridgehead atoms. The molecule has 0 radical (unpaired) electrons. The van der Waals surface area contributed by atoms with E-state index in [9.17, 15) is 4.79 Å². The number of hydrogen-bond donors (Lipinski definition) is 2. The molecule has 0 atom stereocenters. The second kappa shape index (κ2) is 5.64. The fraction of sp³-hybridized carbons (Fsp3) is 0.636. The van der Waals surface area contributed by atoms with Crippen molar-refractivity contribution in [3.8, 4) is 0 Å². The molecule has 1 aromatic rings. The van der Waals surface area contributed by atoms with Gasteiger partial charge in [-0.15, -0.1) is 0 Å². The fourth-order valence-electron chi connectivity index (χ4n) is 2.07. The summed E-state index contributed by atoms with van der Waals surface area (Å²) in [5.74, 6) is 0.642. The van der Waals surface area contributed by atoms with Crippen LogP contribution in [0.1, 0.15) is 19.8 Å². The monoisotopic (exact) mass is 300 g/mol. The Morgan fingerprint density at radius 2 is 2.29 bits per heavy atom. The van der Waals surface area contributed by atoms with Crippen molar-refractivity contribution in [3.05, 3.63) is 21.2 Å². The van der Waals surface area contributed by atoms with Gasteiger partial charge in [0, 0.05) is 19.1 Å². The number of aromatic nitrogens is 2. The van der Waals surface area contributed by atoms with Crippen LogP contribution in [0.2, 0.25) is 0 Å². The van der Waals surface area contributed by atoms with Crippen molar-refractivity contribution in [1.29, 1.82) is 0 Å². The summed E-state index contributed by atoms with van der Waals surface area (Å²) in [5.41, 5.74) is -0.145. The first-order valence-electron chi connectivity index (χ1n) is 5.92. The third-order valence-corrected chi connectivity index (χ3v) is 3.91. The molecule has 0 spiro atoms. The van der Waals surface area contributed by atoms with Crippen molar-refractivity contribution in [2.24, 2.45) is 0 Å². The van der Waals surface area contributed by atoms with Crippen molar-refractivity contribution in [2.75, 3.05) is 25.0 Å². The lowest BCUT2D eigenvalue weighted by Gasteiger charge is -2.31. The summed E-state index contributed by atoms with van der Waals surface area (Å²) in [6, 6.07) is 0.406. The van der Waals surface area contributed by atoms with Gasteiger partial charge in [0.25, 0.3) is 5.56 Å². The number of piperidine rings is 1. The first kappa shape index (κ1) is 12.6. The van der Waals surface area contributed by atoms with Gasteiger partial charge >= 0.3 is 0 Å². The van der Waals surface area contributed by atoms with E-state index < -0.39 is 0 Å². The average molecular weight is 301 g/mol. The molecule has 0 amide bonds. The Morgan fingerprint density at radius 1 is 1.59 bits per heavy atom. The zero-order valence-corrected chi connectivity index (χ0v) is 11.5. The van der Waals surface area contributed by atoms with Crippen molar-refractivity contribution in [1.82, 2.24) is 14.9 Å². The molecule has 0 aliphatic carbocycles. The van der Waals surface area contributed by atoms with Gasteiger partial charge in [0.2, 0.25) is 0 Å². The van der Waals surface area contributed by atoms with Crippen LogP contribution in [0, 0.1) is 0 Å². The third-order valence-electron chi connectivity index (χ3n) is 3.17. The number of halogens is 1. The Morgan fingerprint density at radius 3 is 2.94 bits per heavy atom. The minimum absolute atomic E-state index is 0.145. The second-order valence-corrected chi connectivity index (χ2v) is 5.04. The Hall–Kier alpha value is -0.880. The smallest absolute Gasteiger partial charge is 0.267 e. The predicted octanol–water partition coefficient (Wildman–Crippen LogP) is 1.43. The average Bonchev–Trinajstić information content (AvgIpc) is 2.36. The maximum absolute atomic E-state index is 11.4. The van der Waals surface area contributed by atoms with Crippen LogP contribution >= 0.6 is 15.9 Å². The molecule has 2 N–H and O–H groups in total. The van der Waals surface area contributed by atoms with Crippen LogP contribution in [0.4, 0.5) is 5.82 Å². The van der Waals surface area contributed by atoms with Gasteiger partial charge in [-0.05, 0) is 35.3 Å². The van der Waals surface area contributed by atoms with Gasteiger partial charge in [0.15, 0.2) is 0 Å². The van der Waals surface area contributed by atoms with Crippen LogP contribution < -0.4 is 10.9 Å². The molecule has 17 heavy (non-hydrogen) atoms. The highest BCUT2D eigenvalue weighted by atomic mass is 79.9. The van der Waals surface area contributed by atoms with Gasteiger partial charge < -0.3 is 15.2 Å². The quantitative estimate of drug-likeness (QED) is 0.886. The van der Waals surface area contributed by atoms with E-state index in [0.29, 0.717) is 16.3 Å². The minimum Gasteiger partial charge on any atom is -0.366 e. The number of H-pyrrole nitrogens is 1. The van der Waals surface area contributed by atoms with Crippen molar-refractivity contribution in [2.45, 2.75) is 25.8 Å². The van der Waals surface area contributed by atoms with Crippen LogP contribution in [-0.4, -0.2) is 40.5 Å². The molecule has 1 fully saturated rings. The molecule has 5 nitrogen and oxygen atoms in total. The first-order chi connectivity index (χ1) is 8.20. The zero-order chi connectivity index (χ0) is 12.3. The largest absolute Gasteiger partial charge is 0.366 e. The van der Waals surface area contributed by atoms with Crippen LogP contribution in [0.5, 0.6) is 0 Å². The van der Waals surface area contributed by atoms with Crippen LogP contribution in [-0.2, 0) is 0 Å². The van der Waals surface area contributed by atoms with E-state index in [1.165, 1.54) is 6.33 Å². The lowest BCUT2D eigenvalue weighted by Crippen LogP contribution is -2.39. The summed E-state index contributed by atoms with van der Waals surface area (Å²) in [4.78, 5) is 20.5. The third kappa shape index (κ3) is 3.07. The summed E-state index contributed by atoms with van der Waals surface area (Å²) < 4.78 is 0.484. The molecule has 1 aromatic heterocycles. The SMILES string of the molecule is CCN1CCC(Nc2nc[nH]c(=O)c2Br)CC1. The molecule has 6 heteroatoms. The van der Waals surface area contributed by atoms with Crippen molar-refractivity contribution in [3.63, 3.8) is 0 Å². The molecule has 0 aromatic carbocycles. The number of likely N-dealkylation sites (tertiary alicyclic amines) is 1. The molecular formula is C11H17BrN4O. The Balaban J connectivity index is 1.98. The van der Waals surface area contributed by atoms with Crippen LogP contribution in [0.25, 0.3) is 0 Å². The minimum atomic E-state index is -0.145. The summed E-state index contributed by atoms with van der Waals surface area (Å²) in [6.07, 6.45) is 3.61. The number of hydrogen-bond acceptors (Lipinski definition) is 4. The normalized spacial score (nSPS) is 18.2. The van der Waals surface area contributed by atoms with Crippen molar-refractivity contribution < 1.29 is 0 Å². The van der Waals surface area contributed by atoms with Gasteiger partial charge in [-0.1, -0.05) is 6.92 Å². The molecule has 2 heterocycles. The highest BCUT2D eigenvalue weighted by Crippen LogP contribution is 2.18. The Bertz CT molecular complexity index is 426. The number of aromatic amines is 1. The van der Waals surface area contributed by atoms with Crippen molar-refractivity contribution >= 4 is 21.7 Å². The molecule has 2 rings (SSSR count). The molecular weight excluding hydrogens is 284 g/mol. The highest BCUT2D eigenvalue weighted by Gasteiger charge is 2.19. The molecule has 0 saturated carbocycles. The zero-order valence-electron chi connectivity index (χ0n) is 9.87. The number of nitrogens with one attached hydrogen (secondary N) is 2. The van der Waals surface area contributed by atoms with Crippen LogP contribution in [0.3, 0.4) is 0 Å². The molecule has 94 valence electrons. The maximum Gasteiger partial charge on any atom is 0.267 e. The van der Waals surface area contributed by atoms with Gasteiger partial charge in [0.05, 0.1) is 6.33 Å². The Kier molecular flexibility index (Phi) is 4.17. The lowest BCUT2D eigenvalue weighted by atomic mass is 10.1.